The fourth-order valence-corrected chi connectivity index (χ4v) is 4.76. The minimum Gasteiger partial charge on any atom is -0.490 e. The maximum atomic E-state index is 12.6. The lowest BCUT2D eigenvalue weighted by Crippen LogP contribution is -2.38. The summed E-state index contributed by atoms with van der Waals surface area (Å²) in [5.74, 6) is 0.720. The van der Waals surface area contributed by atoms with Gasteiger partial charge >= 0.3 is 0 Å². The highest BCUT2D eigenvalue weighted by atomic mass is 32.1. The van der Waals surface area contributed by atoms with Gasteiger partial charge in [0.2, 0.25) is 5.91 Å². The van der Waals surface area contributed by atoms with Crippen molar-refractivity contribution in [2.45, 2.75) is 25.7 Å². The molecule has 1 aromatic carbocycles. The number of nitrogens with zero attached hydrogens (tertiary/aromatic N) is 2. The summed E-state index contributed by atoms with van der Waals surface area (Å²) in [5.41, 5.74) is 2.75. The molecule has 0 unspecified atom stereocenters. The molecule has 2 aromatic rings. The van der Waals surface area contributed by atoms with Crippen molar-refractivity contribution in [3.05, 3.63) is 40.3 Å². The van der Waals surface area contributed by atoms with Gasteiger partial charge in [0.1, 0.15) is 23.4 Å². The number of para-hydroxylation sites is 2. The molecular weight excluding hydrogens is 334 g/mol. The fraction of sp³-hybridized carbons (Fsp3) is 0.368. The van der Waals surface area contributed by atoms with Crippen LogP contribution in [0.15, 0.2) is 24.3 Å². The predicted molar refractivity (Wildman–Crippen MR) is 98.5 cm³/mol. The van der Waals surface area contributed by atoms with Crippen LogP contribution in [-0.4, -0.2) is 25.6 Å². The summed E-state index contributed by atoms with van der Waals surface area (Å²) in [4.78, 5) is 15.9. The third-order valence-electron chi connectivity index (χ3n) is 4.70. The number of rotatable bonds is 3. The molecule has 25 heavy (non-hydrogen) atoms. The lowest BCUT2D eigenvalue weighted by molar-refractivity contribution is -0.115. The second kappa shape index (κ2) is 6.77. The van der Waals surface area contributed by atoms with Crippen LogP contribution < -0.4 is 15.0 Å². The third kappa shape index (κ3) is 3.08. The monoisotopic (exact) mass is 353 g/mol. The van der Waals surface area contributed by atoms with Crippen molar-refractivity contribution >= 4 is 27.9 Å². The summed E-state index contributed by atoms with van der Waals surface area (Å²) < 4.78 is 5.63. The van der Waals surface area contributed by atoms with Gasteiger partial charge in [-0.1, -0.05) is 12.1 Å². The van der Waals surface area contributed by atoms with Gasteiger partial charge in [-0.2, -0.15) is 5.26 Å². The van der Waals surface area contributed by atoms with Crippen molar-refractivity contribution in [2.24, 2.45) is 0 Å². The molecule has 2 heterocycles. The van der Waals surface area contributed by atoms with Gasteiger partial charge in [0, 0.05) is 4.88 Å². The molecule has 0 bridgehead atoms. The van der Waals surface area contributed by atoms with Crippen molar-refractivity contribution in [1.29, 1.82) is 5.26 Å². The van der Waals surface area contributed by atoms with Gasteiger partial charge in [0.05, 0.1) is 24.3 Å². The van der Waals surface area contributed by atoms with Gasteiger partial charge in [-0.15, -0.1) is 11.3 Å². The molecule has 1 aromatic heterocycles. The fourth-order valence-electron chi connectivity index (χ4n) is 3.50. The number of anilines is 2. The number of benzene rings is 1. The molecule has 2 aliphatic rings. The van der Waals surface area contributed by atoms with E-state index in [4.69, 9.17) is 4.74 Å². The Morgan fingerprint density at radius 2 is 2.16 bits per heavy atom. The highest BCUT2D eigenvalue weighted by Crippen LogP contribution is 2.37. The van der Waals surface area contributed by atoms with Crippen LogP contribution in [0.4, 0.5) is 10.7 Å². The van der Waals surface area contributed by atoms with Gasteiger partial charge in [-0.05, 0) is 43.4 Å². The van der Waals surface area contributed by atoms with E-state index in [-0.39, 0.29) is 12.5 Å². The minimum absolute atomic E-state index is 0.0909. The van der Waals surface area contributed by atoms with E-state index in [1.54, 1.807) is 11.3 Å². The quantitative estimate of drug-likeness (QED) is 0.919. The SMILES string of the molecule is N#Cc1c(NC(=O)CN2CCOc3ccccc32)sc2c1CCCC2. The molecule has 1 aliphatic heterocycles. The number of nitrogens with one attached hydrogen (secondary N) is 1. The maximum Gasteiger partial charge on any atom is 0.244 e. The average Bonchev–Trinajstić information content (AvgIpc) is 2.98. The molecule has 4 rings (SSSR count). The third-order valence-corrected chi connectivity index (χ3v) is 5.90. The molecule has 6 heteroatoms. The highest BCUT2D eigenvalue weighted by Gasteiger charge is 2.24. The Morgan fingerprint density at radius 3 is 3.04 bits per heavy atom. The van der Waals surface area contributed by atoms with E-state index in [0.29, 0.717) is 23.7 Å². The summed E-state index contributed by atoms with van der Waals surface area (Å²) >= 11 is 1.56. The largest absolute Gasteiger partial charge is 0.490 e. The van der Waals surface area contributed by atoms with Crippen LogP contribution in [0.2, 0.25) is 0 Å². The van der Waals surface area contributed by atoms with Crippen molar-refractivity contribution in [1.82, 2.24) is 0 Å². The molecule has 0 radical (unpaired) electrons. The van der Waals surface area contributed by atoms with E-state index in [9.17, 15) is 10.1 Å². The van der Waals surface area contributed by atoms with Crippen LogP contribution in [0, 0.1) is 11.3 Å². The Balaban J connectivity index is 1.51. The molecule has 0 atom stereocenters. The molecule has 1 aliphatic carbocycles. The number of hydrogen-bond acceptors (Lipinski definition) is 5. The van der Waals surface area contributed by atoms with E-state index in [1.807, 2.05) is 29.2 Å². The number of hydrogen-bond donors (Lipinski definition) is 1. The number of carbonyl (C=O) groups excluding carboxylic acids is 1. The zero-order valence-corrected chi connectivity index (χ0v) is 14.7. The number of fused-ring (bicyclic) bond motifs is 2. The molecular formula is C19H19N3O2S. The summed E-state index contributed by atoms with van der Waals surface area (Å²) in [6.07, 6.45) is 4.25. The molecule has 0 spiro atoms. The van der Waals surface area contributed by atoms with Crippen molar-refractivity contribution in [3.8, 4) is 11.8 Å². The molecule has 5 nitrogen and oxygen atoms in total. The van der Waals surface area contributed by atoms with E-state index in [0.717, 1.165) is 42.7 Å². The van der Waals surface area contributed by atoms with Crippen molar-refractivity contribution < 1.29 is 9.53 Å². The first-order valence-electron chi connectivity index (χ1n) is 8.57. The number of carbonyl (C=O) groups is 1. The van der Waals surface area contributed by atoms with Gasteiger partial charge in [-0.3, -0.25) is 4.79 Å². The molecule has 1 N–H and O–H groups in total. The molecule has 0 saturated carbocycles. The highest BCUT2D eigenvalue weighted by molar-refractivity contribution is 7.16. The van der Waals surface area contributed by atoms with Crippen LogP contribution in [0.1, 0.15) is 28.8 Å². The first-order chi connectivity index (χ1) is 12.3. The number of amides is 1. The molecule has 1 amide bonds. The predicted octanol–water partition coefficient (Wildman–Crippen LogP) is 3.34. The van der Waals surface area contributed by atoms with E-state index < -0.39 is 0 Å². The number of thiophene rings is 1. The van der Waals surface area contributed by atoms with Crippen molar-refractivity contribution in [3.63, 3.8) is 0 Å². The van der Waals surface area contributed by atoms with Crippen LogP contribution in [-0.2, 0) is 17.6 Å². The van der Waals surface area contributed by atoms with E-state index >= 15 is 0 Å². The maximum absolute atomic E-state index is 12.6. The number of ether oxygens (including phenoxy) is 1. The van der Waals surface area contributed by atoms with Crippen molar-refractivity contribution in [2.75, 3.05) is 29.9 Å². The van der Waals surface area contributed by atoms with Crippen LogP contribution in [0.3, 0.4) is 0 Å². The molecule has 0 saturated heterocycles. The lowest BCUT2D eigenvalue weighted by atomic mass is 9.96. The van der Waals surface area contributed by atoms with E-state index in [1.165, 1.54) is 4.88 Å². The minimum atomic E-state index is -0.0909. The lowest BCUT2D eigenvalue weighted by Gasteiger charge is -2.30. The van der Waals surface area contributed by atoms with Gasteiger partial charge < -0.3 is 15.0 Å². The first kappa shape index (κ1) is 16.0. The van der Waals surface area contributed by atoms with Crippen LogP contribution in [0.25, 0.3) is 0 Å². The number of nitriles is 1. The molecule has 0 fully saturated rings. The summed E-state index contributed by atoms with van der Waals surface area (Å²) in [5, 5.41) is 13.2. The molecule has 128 valence electrons. The smallest absolute Gasteiger partial charge is 0.244 e. The number of aryl methyl sites for hydroxylation is 1. The zero-order chi connectivity index (χ0) is 17.2. The zero-order valence-electron chi connectivity index (χ0n) is 13.9. The van der Waals surface area contributed by atoms with Gasteiger partial charge in [0.15, 0.2) is 0 Å². The van der Waals surface area contributed by atoms with Gasteiger partial charge in [-0.25, -0.2) is 0 Å². The topological polar surface area (TPSA) is 65.4 Å². The Morgan fingerprint density at radius 1 is 1.32 bits per heavy atom. The van der Waals surface area contributed by atoms with Gasteiger partial charge in [0.25, 0.3) is 0 Å². The Hall–Kier alpha value is -2.52. The normalized spacial score (nSPS) is 15.6. The standard InChI is InChI=1S/C19H19N3O2S/c20-11-14-13-5-1-4-8-17(13)25-19(14)21-18(23)12-22-9-10-24-16-7-3-2-6-15(16)22/h2-3,6-7H,1,4-5,8-10,12H2,(H,21,23). The summed E-state index contributed by atoms with van der Waals surface area (Å²) in [6, 6.07) is 10.0. The Kier molecular flexibility index (Phi) is 4.33. The van der Waals surface area contributed by atoms with Crippen LogP contribution in [0.5, 0.6) is 5.75 Å². The average molecular weight is 353 g/mol. The second-order valence-corrected chi connectivity index (χ2v) is 7.42. The second-order valence-electron chi connectivity index (χ2n) is 6.31. The Labute approximate surface area is 150 Å². The Bertz CT molecular complexity index is 853. The summed E-state index contributed by atoms with van der Waals surface area (Å²) in [7, 11) is 0. The van der Waals surface area contributed by atoms with E-state index in [2.05, 4.69) is 11.4 Å². The summed E-state index contributed by atoms with van der Waals surface area (Å²) in [6.45, 7) is 1.51. The van der Waals surface area contributed by atoms with Crippen LogP contribution >= 0.6 is 11.3 Å². The first-order valence-corrected chi connectivity index (χ1v) is 9.39.